The molecule has 0 fully saturated rings. The van der Waals surface area contributed by atoms with E-state index in [2.05, 4.69) is 9.97 Å². The van der Waals surface area contributed by atoms with E-state index in [0.29, 0.717) is 18.5 Å². The average molecular weight is 418 g/mol. The number of hydrogen-bond acceptors (Lipinski definition) is 4. The minimum absolute atomic E-state index is 0.166. The number of para-hydroxylation sites is 1. The molecule has 6 heteroatoms. The molecule has 1 unspecified atom stereocenters. The Hall–Kier alpha value is -3.41. The highest BCUT2D eigenvalue weighted by Crippen LogP contribution is 2.28. The number of hydrogen-bond donors (Lipinski definition) is 1. The van der Waals surface area contributed by atoms with Crippen molar-refractivity contribution in [1.82, 2.24) is 9.97 Å². The van der Waals surface area contributed by atoms with E-state index in [-0.39, 0.29) is 5.91 Å². The van der Waals surface area contributed by atoms with Crippen LogP contribution in [0, 0.1) is 13.8 Å². The van der Waals surface area contributed by atoms with Crippen LogP contribution < -0.4 is 4.90 Å². The van der Waals surface area contributed by atoms with Crippen LogP contribution >= 0.6 is 0 Å². The summed E-state index contributed by atoms with van der Waals surface area (Å²) in [6.07, 6.45) is 1.47. The third-order valence-electron chi connectivity index (χ3n) is 5.79. The number of nitrogens with one attached hydrogen (secondary N) is 1. The lowest BCUT2D eigenvalue weighted by atomic mass is 10.0. The minimum atomic E-state index is -0.811. The molecule has 2 aromatic carbocycles. The van der Waals surface area contributed by atoms with Crippen molar-refractivity contribution in [2.24, 2.45) is 0 Å². The smallest absolute Gasteiger partial charge is 0.338 e. The fourth-order valence-electron chi connectivity index (χ4n) is 3.89. The number of imidazole rings is 1. The number of anilines is 1. The van der Waals surface area contributed by atoms with Gasteiger partial charge in [0.05, 0.1) is 11.3 Å². The number of fused-ring (bicyclic) bond motifs is 1. The number of carbonyl (C=O) groups excluding carboxylic acids is 2. The maximum atomic E-state index is 13.2. The van der Waals surface area contributed by atoms with E-state index in [4.69, 9.17) is 4.74 Å². The topological polar surface area (TPSA) is 75.3 Å². The number of aryl methyl sites for hydroxylation is 3. The van der Waals surface area contributed by atoms with Gasteiger partial charge in [0.15, 0.2) is 6.10 Å². The summed E-state index contributed by atoms with van der Waals surface area (Å²) in [5.41, 5.74) is 5.34. The molecule has 0 saturated carbocycles. The second kappa shape index (κ2) is 8.76. The number of aromatic amines is 1. The number of amides is 1. The Morgan fingerprint density at radius 1 is 1.13 bits per heavy atom. The van der Waals surface area contributed by atoms with Crippen molar-refractivity contribution < 1.29 is 14.3 Å². The average Bonchev–Trinajstić information content (AvgIpc) is 3.14. The van der Waals surface area contributed by atoms with E-state index < -0.39 is 12.1 Å². The highest BCUT2D eigenvalue weighted by atomic mass is 16.5. The summed E-state index contributed by atoms with van der Waals surface area (Å²) in [5.74, 6) is 0.102. The lowest BCUT2D eigenvalue weighted by molar-refractivity contribution is -0.127. The van der Waals surface area contributed by atoms with Gasteiger partial charge in [-0.3, -0.25) is 4.79 Å². The third-order valence-corrected chi connectivity index (χ3v) is 5.79. The molecule has 1 N–H and O–H groups in total. The first-order valence-corrected chi connectivity index (χ1v) is 10.7. The van der Waals surface area contributed by atoms with E-state index >= 15 is 0 Å². The van der Waals surface area contributed by atoms with Gasteiger partial charge < -0.3 is 14.6 Å². The van der Waals surface area contributed by atoms with Gasteiger partial charge in [-0.05, 0) is 56.9 Å². The molecule has 4 rings (SSSR count). The normalized spacial score (nSPS) is 14.1. The zero-order valence-corrected chi connectivity index (χ0v) is 18.1. The van der Waals surface area contributed by atoms with Crippen molar-refractivity contribution in [3.63, 3.8) is 0 Å². The zero-order chi connectivity index (χ0) is 22.0. The van der Waals surface area contributed by atoms with Gasteiger partial charge in [-0.15, -0.1) is 0 Å². The molecular weight excluding hydrogens is 390 g/mol. The first-order chi connectivity index (χ1) is 15.0. The number of benzene rings is 2. The van der Waals surface area contributed by atoms with Gasteiger partial charge in [-0.2, -0.15) is 0 Å². The Morgan fingerprint density at radius 3 is 2.55 bits per heavy atom. The molecule has 0 spiro atoms. The predicted octanol–water partition coefficient (Wildman–Crippen LogP) is 4.61. The van der Waals surface area contributed by atoms with E-state index in [1.807, 2.05) is 57.2 Å². The summed E-state index contributed by atoms with van der Waals surface area (Å²) in [6, 6.07) is 15.0. The maximum Gasteiger partial charge on any atom is 0.338 e. The minimum Gasteiger partial charge on any atom is -0.449 e. The van der Waals surface area contributed by atoms with Crippen LogP contribution in [0.25, 0.3) is 11.4 Å². The Morgan fingerprint density at radius 2 is 1.87 bits per heavy atom. The zero-order valence-electron chi connectivity index (χ0n) is 18.1. The standard InChI is InChI=1S/C25H27N3O3/c1-4-22(24(29)28-15-7-9-18-8-5-6-10-21(18)28)31-25(30)20-13-11-19(12-14-20)23-26-16(2)17(3)27-23/h5-6,8,10-14,22H,4,7,9,15H2,1-3H3,(H,26,27). The van der Waals surface area contributed by atoms with Gasteiger partial charge in [0, 0.05) is 23.5 Å². The van der Waals surface area contributed by atoms with E-state index in [1.165, 1.54) is 0 Å². The molecule has 1 atom stereocenters. The van der Waals surface area contributed by atoms with Crippen LogP contribution in [0.1, 0.15) is 47.1 Å². The van der Waals surface area contributed by atoms with Crippen molar-refractivity contribution in [2.45, 2.75) is 46.1 Å². The third kappa shape index (κ3) is 4.24. The van der Waals surface area contributed by atoms with Crippen LogP contribution in [-0.4, -0.2) is 34.5 Å². The molecule has 1 aliphatic heterocycles. The molecular formula is C25H27N3O3. The number of ether oxygens (including phenoxy) is 1. The van der Waals surface area contributed by atoms with Crippen LogP contribution in [0.5, 0.6) is 0 Å². The largest absolute Gasteiger partial charge is 0.449 e. The summed E-state index contributed by atoms with van der Waals surface area (Å²) in [5, 5.41) is 0. The number of H-pyrrole nitrogens is 1. The number of aromatic nitrogens is 2. The van der Waals surface area contributed by atoms with Crippen molar-refractivity contribution in [3.05, 3.63) is 71.0 Å². The van der Waals surface area contributed by atoms with Crippen molar-refractivity contribution in [2.75, 3.05) is 11.4 Å². The van der Waals surface area contributed by atoms with Gasteiger partial charge in [-0.1, -0.05) is 37.3 Å². The monoisotopic (exact) mass is 417 g/mol. The molecule has 0 bridgehead atoms. The molecule has 1 aliphatic rings. The first kappa shape index (κ1) is 20.8. The van der Waals surface area contributed by atoms with E-state index in [9.17, 15) is 9.59 Å². The molecule has 160 valence electrons. The number of carbonyl (C=O) groups is 2. The van der Waals surface area contributed by atoms with Crippen LogP contribution in [0.2, 0.25) is 0 Å². The highest BCUT2D eigenvalue weighted by molar-refractivity contribution is 6.00. The maximum absolute atomic E-state index is 13.2. The molecule has 31 heavy (non-hydrogen) atoms. The van der Waals surface area contributed by atoms with Crippen molar-refractivity contribution in [1.29, 1.82) is 0 Å². The lowest BCUT2D eigenvalue weighted by Gasteiger charge is -2.31. The quantitative estimate of drug-likeness (QED) is 0.615. The first-order valence-electron chi connectivity index (χ1n) is 10.7. The molecule has 3 aromatic rings. The highest BCUT2D eigenvalue weighted by Gasteiger charge is 2.30. The summed E-state index contributed by atoms with van der Waals surface area (Å²) in [4.78, 5) is 35.4. The van der Waals surface area contributed by atoms with E-state index in [0.717, 1.165) is 46.9 Å². The van der Waals surface area contributed by atoms with Gasteiger partial charge in [-0.25, -0.2) is 9.78 Å². The molecule has 1 aromatic heterocycles. The number of nitrogens with zero attached hydrogens (tertiary/aromatic N) is 2. The van der Waals surface area contributed by atoms with Crippen LogP contribution in [-0.2, 0) is 16.0 Å². The lowest BCUT2D eigenvalue weighted by Crippen LogP contribution is -2.43. The second-order valence-corrected chi connectivity index (χ2v) is 7.90. The van der Waals surface area contributed by atoms with Crippen LogP contribution in [0.15, 0.2) is 48.5 Å². The van der Waals surface area contributed by atoms with Gasteiger partial charge in [0.25, 0.3) is 5.91 Å². The Labute approximate surface area is 182 Å². The number of esters is 1. The van der Waals surface area contributed by atoms with Gasteiger partial charge in [0.2, 0.25) is 0 Å². The van der Waals surface area contributed by atoms with Gasteiger partial charge in [0.1, 0.15) is 5.82 Å². The summed E-state index contributed by atoms with van der Waals surface area (Å²) in [7, 11) is 0. The summed E-state index contributed by atoms with van der Waals surface area (Å²) in [6.45, 7) is 6.42. The second-order valence-electron chi connectivity index (χ2n) is 7.90. The van der Waals surface area contributed by atoms with Gasteiger partial charge >= 0.3 is 5.97 Å². The predicted molar refractivity (Wildman–Crippen MR) is 120 cm³/mol. The van der Waals surface area contributed by atoms with Crippen molar-refractivity contribution in [3.8, 4) is 11.4 Å². The Balaban J connectivity index is 1.47. The number of rotatable bonds is 5. The molecule has 0 aliphatic carbocycles. The molecule has 6 nitrogen and oxygen atoms in total. The summed E-state index contributed by atoms with van der Waals surface area (Å²) < 4.78 is 5.63. The molecule has 0 radical (unpaired) electrons. The Kier molecular flexibility index (Phi) is 5.89. The fourth-order valence-corrected chi connectivity index (χ4v) is 3.89. The van der Waals surface area contributed by atoms with Crippen molar-refractivity contribution >= 4 is 17.6 Å². The summed E-state index contributed by atoms with van der Waals surface area (Å²) >= 11 is 0. The Bertz CT molecular complexity index is 1080. The van der Waals surface area contributed by atoms with E-state index in [1.54, 1.807) is 17.0 Å². The SMILES string of the molecule is CCC(OC(=O)c1ccc(-c2nc(C)c(C)[nH]2)cc1)C(=O)N1CCCc2ccccc21. The van der Waals surface area contributed by atoms with Crippen LogP contribution in [0.4, 0.5) is 5.69 Å². The fraction of sp³-hybridized carbons (Fsp3) is 0.320. The van der Waals surface area contributed by atoms with Crippen LogP contribution in [0.3, 0.4) is 0 Å². The molecule has 1 amide bonds. The molecule has 2 heterocycles. The molecule has 0 saturated heterocycles.